The van der Waals surface area contributed by atoms with E-state index in [2.05, 4.69) is 10.3 Å². The summed E-state index contributed by atoms with van der Waals surface area (Å²) in [5.74, 6) is 0.423. The van der Waals surface area contributed by atoms with E-state index in [1.165, 1.54) is 24.3 Å². The molecule has 1 aliphatic heterocycles. The number of hydrogen-bond acceptors (Lipinski definition) is 6. The van der Waals surface area contributed by atoms with Crippen LogP contribution in [-0.2, 0) is 16.9 Å². The van der Waals surface area contributed by atoms with E-state index in [-0.39, 0.29) is 18.1 Å². The van der Waals surface area contributed by atoms with Gasteiger partial charge in [-0.15, -0.1) is 0 Å². The maximum atomic E-state index is 12.8. The highest BCUT2D eigenvalue weighted by Gasteiger charge is 2.49. The molecule has 2 heterocycles. The van der Waals surface area contributed by atoms with Crippen LogP contribution in [0.1, 0.15) is 29.8 Å². The Balaban J connectivity index is 1.87. The van der Waals surface area contributed by atoms with Crippen LogP contribution < -0.4 is 5.32 Å². The first-order valence-electron chi connectivity index (χ1n) is 7.54. The summed E-state index contributed by atoms with van der Waals surface area (Å²) in [5, 5.41) is 13.4. The van der Waals surface area contributed by atoms with Gasteiger partial charge in [-0.2, -0.15) is 0 Å². The SMILES string of the molecule is Cc1nc(CN2C(=O)NC(C)(c3ccc([N+](=O)[O-])cc3)C2=O)oc1C. The largest absolute Gasteiger partial charge is 0.444 e. The van der Waals surface area contributed by atoms with Gasteiger partial charge in [-0.05, 0) is 38.5 Å². The van der Waals surface area contributed by atoms with Crippen molar-refractivity contribution in [3.8, 4) is 0 Å². The minimum Gasteiger partial charge on any atom is -0.444 e. The zero-order valence-electron chi connectivity index (χ0n) is 13.9. The zero-order valence-corrected chi connectivity index (χ0v) is 13.9. The highest BCUT2D eigenvalue weighted by molar-refractivity contribution is 6.07. The van der Waals surface area contributed by atoms with Crippen molar-refractivity contribution in [2.24, 2.45) is 0 Å². The Kier molecular flexibility index (Phi) is 3.78. The van der Waals surface area contributed by atoms with Gasteiger partial charge in [-0.1, -0.05) is 0 Å². The first kappa shape index (κ1) is 16.6. The first-order chi connectivity index (χ1) is 11.7. The van der Waals surface area contributed by atoms with Gasteiger partial charge in [0, 0.05) is 12.1 Å². The molecule has 0 radical (unpaired) electrons. The van der Waals surface area contributed by atoms with Crippen molar-refractivity contribution in [2.45, 2.75) is 32.9 Å². The summed E-state index contributed by atoms with van der Waals surface area (Å²) < 4.78 is 5.43. The lowest BCUT2D eigenvalue weighted by molar-refractivity contribution is -0.384. The van der Waals surface area contributed by atoms with Crippen LogP contribution in [0.2, 0.25) is 0 Å². The monoisotopic (exact) mass is 344 g/mol. The Morgan fingerprint density at radius 1 is 1.28 bits per heavy atom. The Morgan fingerprint density at radius 2 is 1.92 bits per heavy atom. The predicted octanol–water partition coefficient (Wildman–Crippen LogP) is 2.17. The van der Waals surface area contributed by atoms with Gasteiger partial charge in [0.2, 0.25) is 5.89 Å². The van der Waals surface area contributed by atoms with Gasteiger partial charge < -0.3 is 9.73 Å². The minimum absolute atomic E-state index is 0.0814. The van der Waals surface area contributed by atoms with E-state index in [9.17, 15) is 19.7 Å². The number of urea groups is 1. The maximum absolute atomic E-state index is 12.8. The minimum atomic E-state index is -1.30. The number of non-ortho nitro benzene ring substituents is 1. The number of imide groups is 1. The summed E-state index contributed by atoms with van der Waals surface area (Å²) in [6, 6.07) is 4.94. The number of nitrogens with zero attached hydrogens (tertiary/aromatic N) is 3. The Hall–Kier alpha value is -3.23. The molecule has 1 saturated heterocycles. The Bertz CT molecular complexity index is 854. The van der Waals surface area contributed by atoms with Crippen LogP contribution in [0.25, 0.3) is 0 Å². The van der Waals surface area contributed by atoms with Crippen molar-refractivity contribution in [3.05, 3.63) is 57.3 Å². The summed E-state index contributed by atoms with van der Waals surface area (Å²) in [6.07, 6.45) is 0. The molecule has 9 nitrogen and oxygen atoms in total. The van der Waals surface area contributed by atoms with E-state index in [1.807, 2.05) is 0 Å². The van der Waals surface area contributed by atoms with Crippen molar-refractivity contribution in [2.75, 3.05) is 0 Å². The van der Waals surface area contributed by atoms with Crippen molar-refractivity contribution in [3.63, 3.8) is 0 Å². The lowest BCUT2D eigenvalue weighted by atomic mass is 9.92. The molecule has 1 N–H and O–H groups in total. The summed E-state index contributed by atoms with van der Waals surface area (Å²) in [7, 11) is 0. The summed E-state index contributed by atoms with van der Waals surface area (Å²) in [4.78, 5) is 40.5. The maximum Gasteiger partial charge on any atom is 0.325 e. The van der Waals surface area contributed by atoms with Crippen LogP contribution in [0.4, 0.5) is 10.5 Å². The number of nitrogens with one attached hydrogen (secondary N) is 1. The zero-order chi connectivity index (χ0) is 18.4. The van der Waals surface area contributed by atoms with Crippen LogP contribution in [0.15, 0.2) is 28.7 Å². The second-order valence-corrected chi connectivity index (χ2v) is 6.00. The molecule has 1 aromatic heterocycles. The van der Waals surface area contributed by atoms with Gasteiger partial charge >= 0.3 is 6.03 Å². The lowest BCUT2D eigenvalue weighted by Gasteiger charge is -2.21. The van der Waals surface area contributed by atoms with Gasteiger partial charge in [-0.25, -0.2) is 9.78 Å². The molecule has 0 spiro atoms. The number of carbonyl (C=O) groups is 2. The molecule has 1 fully saturated rings. The number of aromatic nitrogens is 1. The number of oxazole rings is 1. The summed E-state index contributed by atoms with van der Waals surface area (Å²) >= 11 is 0. The molecular formula is C16H16N4O5. The topological polar surface area (TPSA) is 119 Å². The molecule has 3 rings (SSSR count). The van der Waals surface area contributed by atoms with Crippen molar-refractivity contribution < 1.29 is 18.9 Å². The third-order valence-electron chi connectivity index (χ3n) is 4.30. The van der Waals surface area contributed by atoms with E-state index in [4.69, 9.17) is 4.42 Å². The second kappa shape index (κ2) is 5.69. The van der Waals surface area contributed by atoms with Gasteiger partial charge in [-0.3, -0.25) is 19.8 Å². The molecule has 0 aliphatic carbocycles. The van der Waals surface area contributed by atoms with Crippen LogP contribution >= 0.6 is 0 Å². The number of carbonyl (C=O) groups excluding carboxylic acids is 2. The van der Waals surface area contributed by atoms with Crippen LogP contribution in [0.3, 0.4) is 0 Å². The standard InChI is InChI=1S/C16H16N4O5/c1-9-10(2)25-13(17-9)8-19-14(21)16(3,18-15(19)22)11-4-6-12(7-5-11)20(23)24/h4-7H,8H2,1-3H3,(H,18,22). The molecule has 2 aromatic rings. The fraction of sp³-hybridized carbons (Fsp3) is 0.312. The fourth-order valence-electron chi connectivity index (χ4n) is 2.69. The number of benzene rings is 1. The molecule has 130 valence electrons. The fourth-order valence-corrected chi connectivity index (χ4v) is 2.69. The second-order valence-electron chi connectivity index (χ2n) is 6.00. The lowest BCUT2D eigenvalue weighted by Crippen LogP contribution is -2.40. The van der Waals surface area contributed by atoms with Crippen molar-refractivity contribution in [1.82, 2.24) is 15.2 Å². The van der Waals surface area contributed by atoms with Gasteiger partial charge in [0.15, 0.2) is 0 Å². The quantitative estimate of drug-likeness (QED) is 0.516. The number of rotatable bonds is 4. The van der Waals surface area contributed by atoms with Crippen molar-refractivity contribution >= 4 is 17.6 Å². The van der Waals surface area contributed by atoms with Gasteiger partial charge in [0.05, 0.1) is 10.6 Å². The molecule has 1 aliphatic rings. The van der Waals surface area contributed by atoms with E-state index < -0.39 is 22.4 Å². The third-order valence-corrected chi connectivity index (χ3v) is 4.30. The summed E-state index contributed by atoms with van der Waals surface area (Å²) in [6.45, 7) is 5.00. The number of amides is 3. The normalized spacial score (nSPS) is 20.0. The molecule has 1 atom stereocenters. The molecule has 25 heavy (non-hydrogen) atoms. The van der Waals surface area contributed by atoms with E-state index >= 15 is 0 Å². The molecule has 3 amide bonds. The molecule has 1 aromatic carbocycles. The smallest absolute Gasteiger partial charge is 0.325 e. The highest BCUT2D eigenvalue weighted by Crippen LogP contribution is 2.31. The Morgan fingerprint density at radius 3 is 2.44 bits per heavy atom. The third kappa shape index (κ3) is 2.73. The van der Waals surface area contributed by atoms with E-state index in [0.717, 1.165) is 4.90 Å². The van der Waals surface area contributed by atoms with Gasteiger partial charge in [0.1, 0.15) is 17.8 Å². The average molecular weight is 344 g/mol. The van der Waals surface area contributed by atoms with Crippen molar-refractivity contribution in [1.29, 1.82) is 0 Å². The van der Waals surface area contributed by atoms with E-state index in [1.54, 1.807) is 20.8 Å². The molecular weight excluding hydrogens is 328 g/mol. The van der Waals surface area contributed by atoms with E-state index in [0.29, 0.717) is 17.0 Å². The first-order valence-corrected chi connectivity index (χ1v) is 7.54. The van der Waals surface area contributed by atoms with Crippen LogP contribution in [-0.4, -0.2) is 26.7 Å². The molecule has 9 heteroatoms. The highest BCUT2D eigenvalue weighted by atomic mass is 16.6. The summed E-state index contributed by atoms with van der Waals surface area (Å²) in [5.41, 5.74) is -0.242. The molecule has 0 bridgehead atoms. The number of hydrogen-bond donors (Lipinski definition) is 1. The predicted molar refractivity (Wildman–Crippen MR) is 85.5 cm³/mol. The Labute approximate surface area is 142 Å². The van der Waals surface area contributed by atoms with Gasteiger partial charge in [0.25, 0.3) is 11.6 Å². The van der Waals surface area contributed by atoms with Crippen LogP contribution in [0.5, 0.6) is 0 Å². The number of nitro benzene ring substituents is 1. The number of nitro groups is 1. The molecule has 0 saturated carbocycles. The average Bonchev–Trinajstić information content (AvgIpc) is 2.99. The molecule has 1 unspecified atom stereocenters. The number of aryl methyl sites for hydroxylation is 2. The van der Waals surface area contributed by atoms with Crippen LogP contribution in [0, 0.1) is 24.0 Å².